The molecule has 3 nitrogen and oxygen atoms in total. The van der Waals surface area contributed by atoms with Gasteiger partial charge in [-0.2, -0.15) is 0 Å². The van der Waals surface area contributed by atoms with Crippen molar-refractivity contribution in [2.45, 2.75) is 25.8 Å². The van der Waals surface area contributed by atoms with Gasteiger partial charge in [-0.15, -0.1) is 0 Å². The first-order valence-electron chi connectivity index (χ1n) is 6.55. The van der Waals surface area contributed by atoms with Gasteiger partial charge >= 0.3 is 0 Å². The molecule has 1 fully saturated rings. The van der Waals surface area contributed by atoms with Crippen molar-refractivity contribution >= 4 is 10.9 Å². The van der Waals surface area contributed by atoms with E-state index >= 15 is 0 Å². The van der Waals surface area contributed by atoms with Gasteiger partial charge < -0.3 is 10.1 Å². The second kappa shape index (κ2) is 4.94. The summed E-state index contributed by atoms with van der Waals surface area (Å²) in [5, 5.41) is 4.58. The Balaban J connectivity index is 1.84. The Kier molecular flexibility index (Phi) is 3.15. The quantitative estimate of drug-likeness (QED) is 0.898. The van der Waals surface area contributed by atoms with E-state index in [9.17, 15) is 0 Å². The Morgan fingerprint density at radius 1 is 1.33 bits per heavy atom. The van der Waals surface area contributed by atoms with Crippen molar-refractivity contribution in [2.75, 3.05) is 13.2 Å². The molecule has 1 aliphatic heterocycles. The number of ether oxygens (including phenoxy) is 1. The lowest BCUT2D eigenvalue weighted by Crippen LogP contribution is -2.28. The number of aryl methyl sites for hydroxylation is 1. The maximum Gasteiger partial charge on any atom is 0.145 e. The van der Waals surface area contributed by atoms with Crippen molar-refractivity contribution < 1.29 is 4.74 Å². The highest BCUT2D eigenvalue weighted by Crippen LogP contribution is 2.24. The molecule has 0 unspecified atom stereocenters. The fraction of sp³-hybridized carbons (Fsp3) is 0.400. The lowest BCUT2D eigenvalue weighted by molar-refractivity contribution is 0.280. The van der Waals surface area contributed by atoms with Gasteiger partial charge in [-0.3, -0.25) is 0 Å². The van der Waals surface area contributed by atoms with Crippen LogP contribution in [0.15, 0.2) is 30.3 Å². The van der Waals surface area contributed by atoms with Crippen LogP contribution in [0.3, 0.4) is 0 Å². The maximum atomic E-state index is 5.93. The third-order valence-electron chi connectivity index (χ3n) is 3.42. The number of nitrogens with zero attached hydrogens (tertiary/aromatic N) is 1. The second-order valence-corrected chi connectivity index (χ2v) is 4.88. The number of hydrogen-bond donors (Lipinski definition) is 1. The van der Waals surface area contributed by atoms with Crippen molar-refractivity contribution in [3.63, 3.8) is 0 Å². The predicted octanol–water partition coefficient (Wildman–Crippen LogP) is 2.67. The lowest BCUT2D eigenvalue weighted by atomic mass is 10.2. The zero-order valence-electron chi connectivity index (χ0n) is 10.6. The number of aromatic nitrogens is 1. The minimum absolute atomic E-state index is 0.491. The third kappa shape index (κ3) is 2.31. The summed E-state index contributed by atoms with van der Waals surface area (Å²) in [6, 6.07) is 10.7. The Hall–Kier alpha value is -1.61. The molecule has 0 bridgehead atoms. The number of benzene rings is 1. The minimum Gasteiger partial charge on any atom is -0.490 e. The Bertz CT molecular complexity index is 547. The maximum absolute atomic E-state index is 5.93. The molecule has 1 atom stereocenters. The smallest absolute Gasteiger partial charge is 0.145 e. The van der Waals surface area contributed by atoms with Crippen molar-refractivity contribution in [3.05, 3.63) is 36.0 Å². The molecular formula is C15H18N2O. The summed E-state index contributed by atoms with van der Waals surface area (Å²) in [6.45, 7) is 3.85. The fourth-order valence-corrected chi connectivity index (χ4v) is 2.42. The van der Waals surface area contributed by atoms with Crippen molar-refractivity contribution in [2.24, 2.45) is 0 Å². The van der Waals surface area contributed by atoms with Crippen LogP contribution < -0.4 is 10.1 Å². The van der Waals surface area contributed by atoms with Crippen LogP contribution in [-0.2, 0) is 0 Å². The van der Waals surface area contributed by atoms with E-state index in [4.69, 9.17) is 4.74 Å². The number of para-hydroxylation sites is 1. The average molecular weight is 242 g/mol. The van der Waals surface area contributed by atoms with E-state index in [2.05, 4.69) is 22.4 Å². The highest BCUT2D eigenvalue weighted by molar-refractivity contribution is 5.84. The number of hydrogen-bond acceptors (Lipinski definition) is 3. The standard InChI is InChI=1S/C15H18N2O/c1-11-7-8-12-4-2-6-14(15(12)17-11)18-10-13-5-3-9-16-13/h2,4,6-8,13,16H,3,5,9-10H2,1H3/t13-/m1/s1. The monoisotopic (exact) mass is 242 g/mol. The van der Waals surface area contributed by atoms with Crippen LogP contribution in [0, 0.1) is 6.92 Å². The molecule has 18 heavy (non-hydrogen) atoms. The van der Waals surface area contributed by atoms with Crippen LogP contribution in [0.1, 0.15) is 18.5 Å². The van der Waals surface area contributed by atoms with Crippen LogP contribution in [0.2, 0.25) is 0 Å². The molecule has 2 heterocycles. The summed E-state index contributed by atoms with van der Waals surface area (Å²) in [5.74, 6) is 0.893. The molecule has 0 radical (unpaired) electrons. The van der Waals surface area contributed by atoms with Crippen molar-refractivity contribution in [3.8, 4) is 5.75 Å². The highest BCUT2D eigenvalue weighted by Gasteiger charge is 2.15. The van der Waals surface area contributed by atoms with Gasteiger partial charge in [0.2, 0.25) is 0 Å². The Morgan fingerprint density at radius 2 is 2.28 bits per heavy atom. The lowest BCUT2D eigenvalue weighted by Gasteiger charge is -2.13. The van der Waals surface area contributed by atoms with Gasteiger partial charge in [0.05, 0.1) is 0 Å². The second-order valence-electron chi connectivity index (χ2n) is 4.88. The van der Waals surface area contributed by atoms with E-state index < -0.39 is 0 Å². The van der Waals surface area contributed by atoms with Crippen molar-refractivity contribution in [1.82, 2.24) is 10.3 Å². The first-order valence-corrected chi connectivity index (χ1v) is 6.55. The molecule has 2 aromatic rings. The van der Waals surface area contributed by atoms with E-state index in [1.807, 2.05) is 25.1 Å². The SMILES string of the molecule is Cc1ccc2cccc(OC[C@H]3CCCN3)c2n1. The third-order valence-corrected chi connectivity index (χ3v) is 3.42. The van der Waals surface area contributed by atoms with E-state index in [0.717, 1.165) is 35.5 Å². The molecule has 1 aliphatic rings. The summed E-state index contributed by atoms with van der Waals surface area (Å²) in [6.07, 6.45) is 2.46. The largest absolute Gasteiger partial charge is 0.490 e. The molecule has 3 rings (SSSR count). The van der Waals surface area contributed by atoms with Gasteiger partial charge in [0.25, 0.3) is 0 Å². The summed E-state index contributed by atoms with van der Waals surface area (Å²) < 4.78 is 5.93. The average Bonchev–Trinajstić information content (AvgIpc) is 2.89. The van der Waals surface area contributed by atoms with Gasteiger partial charge in [0, 0.05) is 17.1 Å². The number of nitrogens with one attached hydrogen (secondary N) is 1. The topological polar surface area (TPSA) is 34.1 Å². The Morgan fingerprint density at radius 3 is 3.11 bits per heavy atom. The van der Waals surface area contributed by atoms with E-state index in [-0.39, 0.29) is 0 Å². The first-order chi connectivity index (χ1) is 8.83. The van der Waals surface area contributed by atoms with Crippen LogP contribution in [0.25, 0.3) is 10.9 Å². The predicted molar refractivity (Wildman–Crippen MR) is 73.0 cm³/mol. The molecule has 1 N–H and O–H groups in total. The van der Waals surface area contributed by atoms with Gasteiger partial charge in [0.1, 0.15) is 17.9 Å². The number of fused-ring (bicyclic) bond motifs is 1. The van der Waals surface area contributed by atoms with Crippen LogP contribution >= 0.6 is 0 Å². The van der Waals surface area contributed by atoms with E-state index in [1.165, 1.54) is 12.8 Å². The van der Waals surface area contributed by atoms with Crippen LogP contribution in [0.4, 0.5) is 0 Å². The summed E-state index contributed by atoms with van der Waals surface area (Å²) >= 11 is 0. The Labute approximate surface area is 107 Å². The molecule has 0 spiro atoms. The minimum atomic E-state index is 0.491. The van der Waals surface area contributed by atoms with Gasteiger partial charge in [-0.25, -0.2) is 4.98 Å². The molecule has 0 saturated carbocycles. The molecule has 94 valence electrons. The summed E-state index contributed by atoms with van der Waals surface area (Å²) in [5.41, 5.74) is 1.99. The number of rotatable bonds is 3. The first kappa shape index (κ1) is 11.5. The van der Waals surface area contributed by atoms with Crippen LogP contribution in [-0.4, -0.2) is 24.2 Å². The molecular weight excluding hydrogens is 224 g/mol. The molecule has 3 heteroatoms. The van der Waals surface area contributed by atoms with Gasteiger partial charge in [-0.1, -0.05) is 18.2 Å². The fourth-order valence-electron chi connectivity index (χ4n) is 2.42. The summed E-state index contributed by atoms with van der Waals surface area (Å²) in [7, 11) is 0. The zero-order valence-corrected chi connectivity index (χ0v) is 10.6. The molecule has 0 amide bonds. The van der Waals surface area contributed by atoms with E-state index in [0.29, 0.717) is 6.04 Å². The molecule has 1 aromatic heterocycles. The number of pyridine rings is 1. The van der Waals surface area contributed by atoms with Crippen LogP contribution in [0.5, 0.6) is 5.75 Å². The van der Waals surface area contributed by atoms with E-state index in [1.54, 1.807) is 0 Å². The molecule has 0 aliphatic carbocycles. The molecule has 1 aromatic carbocycles. The molecule has 1 saturated heterocycles. The van der Waals surface area contributed by atoms with Gasteiger partial charge in [0.15, 0.2) is 0 Å². The van der Waals surface area contributed by atoms with Gasteiger partial charge in [-0.05, 0) is 38.4 Å². The van der Waals surface area contributed by atoms with Crippen molar-refractivity contribution in [1.29, 1.82) is 0 Å². The zero-order chi connectivity index (χ0) is 12.4. The summed E-state index contributed by atoms with van der Waals surface area (Å²) in [4.78, 5) is 4.58. The highest BCUT2D eigenvalue weighted by atomic mass is 16.5. The normalized spacial score (nSPS) is 19.3.